The van der Waals surface area contributed by atoms with Gasteiger partial charge < -0.3 is 60.3 Å². The zero-order valence-electron chi connectivity index (χ0n) is 114. The van der Waals surface area contributed by atoms with Gasteiger partial charge in [0.25, 0.3) is 0 Å². The maximum atomic E-state index is 8.91. The molecule has 12 nitrogen and oxygen atoms in total. The summed E-state index contributed by atoms with van der Waals surface area (Å²) in [5.74, 6) is 2.26. The molecular formula is C108H114N6O6S6. The van der Waals surface area contributed by atoms with Crippen molar-refractivity contribution in [2.75, 3.05) is 81.0 Å². The molecule has 6 heterocycles. The second kappa shape index (κ2) is 50.9. The molecule has 6 N–H and O–H groups in total. The number of benzene rings is 12. The van der Waals surface area contributed by atoms with Crippen molar-refractivity contribution in [2.45, 2.75) is 75.0 Å². The highest BCUT2D eigenvalue weighted by atomic mass is 32.1. The van der Waals surface area contributed by atoms with Crippen LogP contribution in [0.2, 0.25) is 0 Å². The lowest BCUT2D eigenvalue weighted by molar-refractivity contribution is 0.201. The van der Waals surface area contributed by atoms with Crippen LogP contribution in [0.25, 0.3) is 64.6 Å². The van der Waals surface area contributed by atoms with Gasteiger partial charge in [-0.3, -0.25) is 0 Å². The van der Waals surface area contributed by atoms with Crippen LogP contribution in [0.4, 0.5) is 0 Å². The van der Waals surface area contributed by atoms with E-state index in [0.29, 0.717) is 56.4 Å². The first kappa shape index (κ1) is 49.3. The van der Waals surface area contributed by atoms with Crippen LogP contribution in [0.3, 0.4) is 0 Å². The van der Waals surface area contributed by atoms with Crippen LogP contribution in [0.15, 0.2) is 360 Å². The third kappa shape index (κ3) is 27.0. The van der Waals surface area contributed by atoms with Gasteiger partial charge in [0.15, 0.2) is 0 Å². The van der Waals surface area contributed by atoms with Crippen molar-refractivity contribution in [2.24, 2.45) is 0 Å². The largest absolute Gasteiger partial charge is 0.484 e. The maximum absolute atomic E-state index is 8.91. The Balaban J connectivity index is 0.000000170. The van der Waals surface area contributed by atoms with E-state index in [1.807, 2.05) is 175 Å². The molecule has 0 aliphatic carbocycles. The van der Waals surface area contributed by atoms with Gasteiger partial charge in [-0.25, -0.2) is 0 Å². The average Bonchev–Trinajstić information content (AvgIpc) is 0.862. The van der Waals surface area contributed by atoms with Crippen molar-refractivity contribution in [1.29, 1.82) is 0 Å². The quantitative estimate of drug-likeness (QED) is 0.0224. The van der Waals surface area contributed by atoms with E-state index in [2.05, 4.69) is 16.0 Å². The van der Waals surface area contributed by atoms with Gasteiger partial charge in [0.2, 0.25) is 0 Å². The van der Waals surface area contributed by atoms with E-state index < -0.39 is 142 Å². The number of fused-ring (bicyclic) bond motifs is 6. The number of thiophene rings is 6. The van der Waals surface area contributed by atoms with E-state index in [0.717, 1.165) is 111 Å². The number of ether oxygens (including phenoxy) is 6. The van der Waals surface area contributed by atoms with Crippen molar-refractivity contribution in [3.05, 3.63) is 389 Å². The molecule has 6 unspecified atom stereocenters. The molecule has 18 aromatic rings. The standard InChI is InChI=1S/6C18H19NOS/c6*1-19-12-11-17(18-10-5-13-21-18)20-16-9-4-7-14-6-2-3-8-15(14)16/h6*2-10,13,17,19H,11-12H2,1H3/i1D3,5D,10D,11D2,12D2,13D;1D3,5D,10D,13D,17D;1D3,5D,10D,12D2,13D;1D3,5D,10D,11D2,13D;1D3,11D2,12D2,17D;1D3,5D,10D,13D. The minimum absolute atomic E-state index is 0.00491. The summed E-state index contributed by atoms with van der Waals surface area (Å²) in [6.45, 7) is -24.8. The molecule has 0 saturated carbocycles. The van der Waals surface area contributed by atoms with E-state index in [-0.39, 0.29) is 131 Å². The Morgan fingerprint density at radius 1 is 0.262 bits per heavy atom. The topological polar surface area (TPSA) is 128 Å². The van der Waals surface area contributed by atoms with Gasteiger partial charge in [0.1, 0.15) is 71.1 Å². The lowest BCUT2D eigenvalue weighted by atomic mass is 10.1. The zero-order valence-corrected chi connectivity index (χ0v) is 71.8. The molecule has 648 valence electrons. The molecule has 126 heavy (non-hydrogen) atoms. The normalized spacial score (nSPS) is 19.6. The van der Waals surface area contributed by atoms with Gasteiger partial charge in [-0.1, -0.05) is 255 Å². The first-order chi connectivity index (χ1) is 80.4. The number of rotatable bonds is 36. The maximum Gasteiger partial charge on any atom is 0.134 e. The lowest BCUT2D eigenvalue weighted by Gasteiger charge is -2.19. The molecule has 6 atom stereocenters. The van der Waals surface area contributed by atoms with Gasteiger partial charge in [-0.15, -0.1) is 68.0 Å². The summed E-state index contributed by atoms with van der Waals surface area (Å²) in [6.07, 6.45) is -17.7. The van der Waals surface area contributed by atoms with Crippen molar-refractivity contribution >= 4 is 133 Å². The molecule has 18 heteroatoms. The van der Waals surface area contributed by atoms with E-state index in [4.69, 9.17) is 92.8 Å². The molecule has 0 bridgehead atoms. The fourth-order valence-corrected chi connectivity index (χ4v) is 16.1. The number of hydrogen-bond acceptors (Lipinski definition) is 18. The van der Waals surface area contributed by atoms with Crippen molar-refractivity contribution in [1.82, 2.24) is 31.9 Å². The van der Waals surface area contributed by atoms with Gasteiger partial charge in [0, 0.05) is 141 Å². The van der Waals surface area contributed by atoms with Gasteiger partial charge >= 0.3 is 0 Å². The van der Waals surface area contributed by atoms with E-state index in [9.17, 15) is 0 Å². The predicted molar refractivity (Wildman–Crippen MR) is 541 cm³/mol. The summed E-state index contributed by atoms with van der Waals surface area (Å²) < 4.78 is 403. The molecule has 0 fully saturated rings. The van der Waals surface area contributed by atoms with Crippen molar-refractivity contribution < 1.29 is 92.8 Å². The minimum atomic E-state index is -3.10. The minimum Gasteiger partial charge on any atom is -0.484 e. The smallest absolute Gasteiger partial charge is 0.134 e. The highest BCUT2D eigenvalue weighted by molar-refractivity contribution is 7.11. The fourth-order valence-electron chi connectivity index (χ4n) is 12.6. The zero-order chi connectivity index (χ0) is 128. The molecule has 6 aromatic heterocycles. The summed E-state index contributed by atoms with van der Waals surface area (Å²) in [4.78, 5) is 0.790. The number of hydrogen-bond donors (Lipinski definition) is 6. The van der Waals surface area contributed by atoms with Gasteiger partial charge in [-0.2, -0.15) is 0 Å². The summed E-state index contributed by atoms with van der Waals surface area (Å²) in [5, 5.41) is 23.0. The van der Waals surface area contributed by atoms with Crippen molar-refractivity contribution in [3.8, 4) is 34.5 Å². The van der Waals surface area contributed by atoms with Crippen LogP contribution in [0.5, 0.6) is 34.5 Å². The molecule has 0 amide bonds. The Morgan fingerprint density at radius 3 is 0.929 bits per heavy atom. The first-order valence-corrected chi connectivity index (χ1v) is 43.8. The third-order valence-electron chi connectivity index (χ3n) is 18.3. The van der Waals surface area contributed by atoms with Crippen LogP contribution in [-0.4, -0.2) is 81.0 Å². The molecule has 0 saturated heterocycles. The van der Waals surface area contributed by atoms with Crippen LogP contribution in [0.1, 0.15) is 169 Å². The van der Waals surface area contributed by atoms with Crippen LogP contribution < -0.4 is 60.3 Å². The van der Waals surface area contributed by atoms with E-state index in [1.165, 1.54) is 6.07 Å². The van der Waals surface area contributed by atoms with E-state index in [1.54, 1.807) is 107 Å². The molecule has 12 aromatic carbocycles. The van der Waals surface area contributed by atoms with Crippen LogP contribution in [-0.2, 0) is 0 Å². The second-order valence-electron chi connectivity index (χ2n) is 26.3. The van der Waals surface area contributed by atoms with Gasteiger partial charge in [-0.05, 0) is 218 Å². The molecule has 18 rings (SSSR count). The van der Waals surface area contributed by atoms with Crippen LogP contribution in [0, 0.1) is 0 Å². The Morgan fingerprint density at radius 2 is 0.563 bits per heavy atom. The molecular weight excluding hydrogens is 1670 g/mol. The Bertz CT molecular complexity index is 8530. The van der Waals surface area contributed by atoms with E-state index >= 15 is 0 Å². The summed E-state index contributed by atoms with van der Waals surface area (Å²) in [6, 6.07) is 76.7. The Labute approximate surface area is 833 Å². The highest BCUT2D eigenvalue weighted by Gasteiger charge is 2.22. The highest BCUT2D eigenvalue weighted by Crippen LogP contribution is 2.40. The SMILES string of the molecule is [2H]C([2H])([2H])NC([2H])([2H])C([2H])([2H])C([2H])(Oc1cccc2ccccc12)c1cccs1.[2H]c1sc(C(CC([2H])([2H])NC([2H])([2H])[2H])Oc2cccc3ccccc23)c([2H])c1[2H].[2H]c1sc(C(CCNC([2H])([2H])[2H])Oc2cccc3ccccc23)c([2H])c1[2H].[2H]c1sc(C(Oc2cccc3ccccc23)C([2H])([2H])C([2H])([2H])NC([2H])([2H])[2H])c([2H])c1[2H].[2H]c1sc(C(Oc2cccc3ccccc23)C([2H])([2H])CNC([2H])([2H])[2H])c([2H])c1[2H].[2H]c1sc(C([2H])(CCNC([2H])([2H])[2H])Oc2cccc3ccccc23)c([2H])c1[2H]. The summed E-state index contributed by atoms with van der Waals surface area (Å²) in [7, 11) is 0. The first-order valence-electron chi connectivity index (χ1n) is 62.4. The molecule has 0 aliphatic heterocycles. The van der Waals surface area contributed by atoms with Crippen LogP contribution >= 0.6 is 68.0 Å². The monoisotopic (exact) mass is 1830 g/mol. The molecule has 0 aliphatic rings. The predicted octanol–water partition coefficient (Wildman–Crippen LogP) is 27.8. The molecule has 0 radical (unpaired) electrons. The summed E-state index contributed by atoms with van der Waals surface area (Å²) >= 11 is 5.18. The average molecular weight is 1830 g/mol. The van der Waals surface area contributed by atoms with Crippen molar-refractivity contribution in [3.63, 3.8) is 0 Å². The molecule has 0 spiro atoms. The lowest BCUT2D eigenvalue weighted by Crippen LogP contribution is -2.15. The fraction of sp³-hybridized carbons (Fsp3) is 0.222. The third-order valence-corrected chi connectivity index (χ3v) is 22.9. The van der Waals surface area contributed by atoms with Gasteiger partial charge in [0.05, 0.1) is 23.3 Å². The Hall–Kier alpha value is -11.0. The number of nitrogens with one attached hydrogen (secondary N) is 6. The second-order valence-corrected chi connectivity index (χ2v) is 31.4. The summed E-state index contributed by atoms with van der Waals surface area (Å²) in [5.41, 5.74) is 0. The Kier molecular flexibility index (Phi) is 19.9.